The lowest BCUT2D eigenvalue weighted by Crippen LogP contribution is -2.30. The lowest BCUT2D eigenvalue weighted by atomic mass is 10.0. The molecular weight excluding hydrogens is 617 g/mol. The van der Waals surface area contributed by atoms with Crippen molar-refractivity contribution in [2.24, 2.45) is 0 Å². The van der Waals surface area contributed by atoms with Gasteiger partial charge in [-0.05, 0) is 42.0 Å². The van der Waals surface area contributed by atoms with Crippen LogP contribution >= 0.6 is 58.3 Å². The number of H-pyrrole nitrogens is 1. The van der Waals surface area contributed by atoms with Crippen LogP contribution in [0.1, 0.15) is 33.2 Å². The Kier molecular flexibility index (Phi) is 8.72. The van der Waals surface area contributed by atoms with Crippen LogP contribution in [0.3, 0.4) is 0 Å². The van der Waals surface area contributed by atoms with E-state index in [0.29, 0.717) is 34.1 Å². The fraction of sp³-hybridized carbons (Fsp3) is 0.148. The fourth-order valence-electron chi connectivity index (χ4n) is 4.05. The lowest BCUT2D eigenvalue weighted by molar-refractivity contribution is -0.137. The summed E-state index contributed by atoms with van der Waals surface area (Å²) < 4.78 is 5.98. The van der Waals surface area contributed by atoms with Gasteiger partial charge in [-0.15, -0.1) is 11.8 Å². The third-order valence-corrected chi connectivity index (χ3v) is 9.32. The second kappa shape index (κ2) is 12.2. The third kappa shape index (κ3) is 6.16. The Bertz CT molecular complexity index is 1700. The van der Waals surface area contributed by atoms with E-state index in [1.54, 1.807) is 24.3 Å². The number of rotatable bonds is 7. The molecule has 1 aliphatic rings. The van der Waals surface area contributed by atoms with Gasteiger partial charge in [0.1, 0.15) is 11.4 Å². The molecule has 2 atom stereocenters. The zero-order chi connectivity index (χ0) is 28.4. The number of nitrogens with zero attached hydrogens (tertiary/aromatic N) is 2. The average molecular weight is 635 g/mol. The molecule has 2 unspecified atom stereocenters. The van der Waals surface area contributed by atoms with Crippen LogP contribution in [0.5, 0.6) is 0 Å². The van der Waals surface area contributed by atoms with E-state index in [4.69, 9.17) is 39.5 Å². The van der Waals surface area contributed by atoms with E-state index in [1.165, 1.54) is 23.9 Å². The van der Waals surface area contributed by atoms with Crippen LogP contribution in [0.15, 0.2) is 81.3 Å². The number of esters is 1. The van der Waals surface area contributed by atoms with Crippen molar-refractivity contribution in [1.29, 1.82) is 0 Å². The summed E-state index contributed by atoms with van der Waals surface area (Å²) in [6.45, 7) is 0.298. The number of halogens is 3. The van der Waals surface area contributed by atoms with Crippen LogP contribution in [0, 0.1) is 0 Å². The topological polar surface area (TPSA) is 111 Å². The molecule has 1 aromatic heterocycles. The van der Waals surface area contributed by atoms with E-state index in [1.807, 2.05) is 24.3 Å². The number of hydrogen-bond acceptors (Lipinski definition) is 8. The van der Waals surface area contributed by atoms with Gasteiger partial charge in [-0.25, -0.2) is 4.79 Å². The van der Waals surface area contributed by atoms with E-state index >= 15 is 0 Å². The molecule has 13 heteroatoms. The summed E-state index contributed by atoms with van der Waals surface area (Å²) in [6.07, 6.45) is 1.45. The first-order valence-corrected chi connectivity index (χ1v) is 14.7. The van der Waals surface area contributed by atoms with Gasteiger partial charge in [0, 0.05) is 37.5 Å². The maximum absolute atomic E-state index is 13.3. The van der Waals surface area contributed by atoms with E-state index in [0.717, 1.165) is 28.2 Å². The Morgan fingerprint density at radius 2 is 1.73 bits per heavy atom. The number of aromatic nitrogens is 3. The van der Waals surface area contributed by atoms with Gasteiger partial charge in [0.2, 0.25) is 5.12 Å². The average Bonchev–Trinajstić information content (AvgIpc) is 3.32. The van der Waals surface area contributed by atoms with Gasteiger partial charge in [0.05, 0.1) is 17.5 Å². The summed E-state index contributed by atoms with van der Waals surface area (Å²) >= 11 is 22.0. The zero-order valence-electron chi connectivity index (χ0n) is 20.3. The molecule has 0 radical (unpaired) electrons. The zero-order valence-corrected chi connectivity index (χ0v) is 24.2. The molecule has 1 fully saturated rings. The second-order valence-electron chi connectivity index (χ2n) is 8.57. The van der Waals surface area contributed by atoms with Crippen molar-refractivity contribution in [3.05, 3.63) is 119 Å². The minimum atomic E-state index is -0.743. The lowest BCUT2D eigenvalue weighted by Gasteiger charge is -2.22. The molecule has 8 nitrogen and oxygen atoms in total. The van der Waals surface area contributed by atoms with Crippen molar-refractivity contribution < 1.29 is 14.3 Å². The molecule has 1 N–H and O–H groups in total. The Labute approximate surface area is 251 Å². The summed E-state index contributed by atoms with van der Waals surface area (Å²) in [4.78, 5) is 51.8. The van der Waals surface area contributed by atoms with E-state index < -0.39 is 27.7 Å². The summed E-state index contributed by atoms with van der Waals surface area (Å²) in [5, 5.41) is 3.59. The van der Waals surface area contributed by atoms with Gasteiger partial charge in [-0.3, -0.25) is 19.4 Å². The quantitative estimate of drug-likeness (QED) is 0.196. The molecule has 4 aromatic rings. The molecule has 40 heavy (non-hydrogen) atoms. The number of aromatic amines is 1. The maximum Gasteiger partial charge on any atom is 0.349 e. The van der Waals surface area contributed by atoms with Crippen molar-refractivity contribution in [2.75, 3.05) is 6.61 Å². The number of benzene rings is 3. The number of thioether (sulfide) groups is 2. The highest BCUT2D eigenvalue weighted by Gasteiger charge is 2.31. The molecule has 3 aromatic carbocycles. The molecule has 0 aliphatic carbocycles. The van der Waals surface area contributed by atoms with Crippen molar-refractivity contribution >= 4 is 69.4 Å². The highest BCUT2D eigenvalue weighted by Crippen LogP contribution is 2.48. The first-order chi connectivity index (χ1) is 19.2. The van der Waals surface area contributed by atoms with Gasteiger partial charge >= 0.3 is 11.7 Å². The number of carbonyl (C=O) groups is 2. The van der Waals surface area contributed by atoms with Crippen molar-refractivity contribution in [2.45, 2.75) is 21.8 Å². The molecular formula is C27H18Cl3N3O5S2. The first kappa shape index (κ1) is 28.5. The second-order valence-corrected chi connectivity index (χ2v) is 12.1. The summed E-state index contributed by atoms with van der Waals surface area (Å²) in [5.74, 6) is -0.391. The fourth-order valence-corrected chi connectivity index (χ4v) is 7.37. The Morgan fingerprint density at radius 1 is 1.02 bits per heavy atom. The number of nitrogens with one attached hydrogen (secondary N) is 1. The van der Waals surface area contributed by atoms with Crippen LogP contribution in [0.25, 0.3) is 5.69 Å². The van der Waals surface area contributed by atoms with E-state index in [2.05, 4.69) is 10.1 Å². The Morgan fingerprint density at radius 3 is 2.38 bits per heavy atom. The Balaban J connectivity index is 1.56. The molecule has 2 heterocycles. The predicted octanol–water partition coefficient (Wildman–Crippen LogP) is 5.95. The van der Waals surface area contributed by atoms with Crippen molar-refractivity contribution in [3.8, 4) is 5.69 Å². The highest BCUT2D eigenvalue weighted by atomic mass is 35.5. The minimum absolute atomic E-state index is 0.238. The molecule has 0 spiro atoms. The van der Waals surface area contributed by atoms with Gasteiger partial charge in [-0.2, -0.15) is 9.78 Å². The number of ether oxygens (including phenoxy) is 1. The molecule has 5 rings (SSSR count). The van der Waals surface area contributed by atoms with Crippen LogP contribution in [-0.4, -0.2) is 37.7 Å². The molecule has 204 valence electrons. The largest absolute Gasteiger partial charge is 0.465 e. The monoisotopic (exact) mass is 633 g/mol. The molecule has 1 saturated heterocycles. The normalized spacial score (nSPS) is 15.6. The minimum Gasteiger partial charge on any atom is -0.465 e. The van der Waals surface area contributed by atoms with Gasteiger partial charge in [0.25, 0.3) is 5.56 Å². The smallest absolute Gasteiger partial charge is 0.349 e. The predicted molar refractivity (Wildman–Crippen MR) is 157 cm³/mol. The molecule has 0 amide bonds. The maximum atomic E-state index is 13.3. The van der Waals surface area contributed by atoms with Crippen molar-refractivity contribution in [1.82, 2.24) is 14.8 Å². The summed E-state index contributed by atoms with van der Waals surface area (Å²) in [7, 11) is 0. The van der Waals surface area contributed by atoms with Crippen LogP contribution in [0.2, 0.25) is 15.1 Å². The van der Waals surface area contributed by atoms with Crippen LogP contribution in [-0.2, 0) is 9.53 Å². The number of hydrogen-bond donors (Lipinski definition) is 1. The molecule has 0 saturated carbocycles. The van der Waals surface area contributed by atoms with Crippen LogP contribution < -0.4 is 11.2 Å². The highest BCUT2D eigenvalue weighted by molar-refractivity contribution is 8.15. The first-order valence-electron chi connectivity index (χ1n) is 11.8. The van der Waals surface area contributed by atoms with Gasteiger partial charge in [-0.1, -0.05) is 70.8 Å². The summed E-state index contributed by atoms with van der Waals surface area (Å²) in [6, 6.07) is 17.3. The summed E-state index contributed by atoms with van der Waals surface area (Å²) in [5.41, 5.74) is 0.655. The van der Waals surface area contributed by atoms with Crippen LogP contribution in [0.4, 0.5) is 0 Å². The van der Waals surface area contributed by atoms with Gasteiger partial charge in [0.15, 0.2) is 0 Å². The molecule has 0 bridgehead atoms. The van der Waals surface area contributed by atoms with Crippen molar-refractivity contribution in [3.63, 3.8) is 0 Å². The third-order valence-electron chi connectivity index (χ3n) is 5.94. The number of cyclic esters (lactones) is 1. The SMILES string of the molecule is O=C(SC1CCOC1=O)c1ccccc1SC(c1ccc(Cl)cc1)c1c(Cl)cc(-n2ncc(=O)[nH]c2=O)cc1Cl. The van der Waals surface area contributed by atoms with E-state index in [9.17, 15) is 19.2 Å². The standard InChI is InChI=1S/C27H18Cl3N3O5S2/c28-15-7-5-14(6-8-15)24(23-18(29)11-16(12-19(23)30)33-27(37)32-22(34)13-31-33)39-20-4-2-1-3-17(20)26(36)40-21-9-10-38-25(21)35/h1-8,11-13,21,24H,9-10H2,(H,32,34,37). The Hall–Kier alpha value is -3.02. The number of carbonyl (C=O) groups excluding carboxylic acids is 2. The molecule has 1 aliphatic heterocycles. The van der Waals surface area contributed by atoms with Gasteiger partial charge < -0.3 is 4.74 Å². The van der Waals surface area contributed by atoms with E-state index in [-0.39, 0.29) is 20.8 Å².